The van der Waals surface area contributed by atoms with E-state index < -0.39 is 0 Å². The fourth-order valence-corrected chi connectivity index (χ4v) is 3.19. The number of methoxy groups -OCH3 is 2. The number of carbonyl (C=O) groups excluding carboxylic acids is 1. The first kappa shape index (κ1) is 18.1. The summed E-state index contributed by atoms with van der Waals surface area (Å²) in [5.41, 5.74) is 4.24. The zero-order chi connectivity index (χ0) is 18.7. The van der Waals surface area contributed by atoms with Gasteiger partial charge in [0, 0.05) is 17.6 Å². The minimum atomic E-state index is -0.176. The van der Waals surface area contributed by atoms with Crippen molar-refractivity contribution in [1.82, 2.24) is 5.32 Å². The molecule has 2 amide bonds. The van der Waals surface area contributed by atoms with Gasteiger partial charge < -0.3 is 20.1 Å². The second-order valence-corrected chi connectivity index (χ2v) is 6.91. The molecule has 0 bridgehead atoms. The Balaban J connectivity index is 1.65. The van der Waals surface area contributed by atoms with Crippen molar-refractivity contribution in [2.75, 3.05) is 26.1 Å². The summed E-state index contributed by atoms with van der Waals surface area (Å²) in [5.74, 6) is 1.43. The van der Waals surface area contributed by atoms with Crippen LogP contribution in [0.1, 0.15) is 29.5 Å². The van der Waals surface area contributed by atoms with Crippen LogP contribution in [-0.4, -0.2) is 26.8 Å². The molecule has 1 fully saturated rings. The summed E-state index contributed by atoms with van der Waals surface area (Å²) in [6, 6.07) is 11.7. The molecule has 5 heteroatoms. The first-order valence-electron chi connectivity index (χ1n) is 8.83. The summed E-state index contributed by atoms with van der Waals surface area (Å²) in [7, 11) is 3.26. The number of ether oxygens (including phenoxy) is 2. The van der Waals surface area contributed by atoms with Crippen LogP contribution in [0.2, 0.25) is 0 Å². The van der Waals surface area contributed by atoms with E-state index in [1.165, 1.54) is 5.56 Å². The molecule has 3 rings (SSSR count). The number of rotatable bonds is 6. The van der Waals surface area contributed by atoms with Crippen LogP contribution in [-0.2, 0) is 5.41 Å². The van der Waals surface area contributed by atoms with Crippen LogP contribution in [0.25, 0.3) is 0 Å². The van der Waals surface area contributed by atoms with Gasteiger partial charge in [-0.1, -0.05) is 18.2 Å². The molecular weight excluding hydrogens is 328 g/mol. The number of urea groups is 1. The Kier molecular flexibility index (Phi) is 5.07. The fraction of sp³-hybridized carbons (Fsp3) is 0.381. The van der Waals surface area contributed by atoms with Gasteiger partial charge in [0.25, 0.3) is 0 Å². The van der Waals surface area contributed by atoms with Crippen molar-refractivity contribution in [2.45, 2.75) is 32.1 Å². The minimum absolute atomic E-state index is 0.0153. The molecule has 5 nitrogen and oxygen atoms in total. The topological polar surface area (TPSA) is 59.6 Å². The molecule has 2 N–H and O–H groups in total. The number of aryl methyl sites for hydroxylation is 1. The third-order valence-corrected chi connectivity index (χ3v) is 5.29. The smallest absolute Gasteiger partial charge is 0.319 e. The molecule has 1 aliphatic carbocycles. The Bertz CT molecular complexity index is 813. The third-order valence-electron chi connectivity index (χ3n) is 5.29. The van der Waals surface area contributed by atoms with Crippen LogP contribution in [0.4, 0.5) is 10.5 Å². The maximum atomic E-state index is 12.3. The Morgan fingerprint density at radius 3 is 2.46 bits per heavy atom. The number of amides is 2. The first-order valence-corrected chi connectivity index (χ1v) is 8.83. The number of hydrogen-bond donors (Lipinski definition) is 2. The number of hydrogen-bond acceptors (Lipinski definition) is 3. The number of benzene rings is 2. The lowest BCUT2D eigenvalue weighted by atomic mass is 9.95. The van der Waals surface area contributed by atoms with Gasteiger partial charge in [0.1, 0.15) is 0 Å². The van der Waals surface area contributed by atoms with E-state index in [0.717, 1.165) is 35.4 Å². The van der Waals surface area contributed by atoms with Gasteiger partial charge >= 0.3 is 6.03 Å². The maximum absolute atomic E-state index is 12.3. The van der Waals surface area contributed by atoms with E-state index in [9.17, 15) is 4.79 Å². The lowest BCUT2D eigenvalue weighted by molar-refractivity contribution is 0.251. The first-order chi connectivity index (χ1) is 12.5. The fourth-order valence-electron chi connectivity index (χ4n) is 3.19. The number of anilines is 1. The standard InChI is InChI=1S/C21H26N2O3/c1-14-6-5-7-17(15(14)2)23-20(24)22-13-21(10-11-21)16-8-9-18(25-3)19(12-16)26-4/h5-9,12H,10-11,13H2,1-4H3,(H2,22,23,24). The van der Waals surface area contributed by atoms with E-state index in [2.05, 4.69) is 16.7 Å². The van der Waals surface area contributed by atoms with E-state index >= 15 is 0 Å². The molecular formula is C21H26N2O3. The molecule has 0 atom stereocenters. The van der Waals surface area contributed by atoms with E-state index in [0.29, 0.717) is 12.3 Å². The average molecular weight is 354 g/mol. The van der Waals surface area contributed by atoms with Crippen molar-refractivity contribution >= 4 is 11.7 Å². The lowest BCUT2D eigenvalue weighted by Crippen LogP contribution is -2.35. The molecule has 1 aliphatic rings. The highest BCUT2D eigenvalue weighted by Gasteiger charge is 2.44. The van der Waals surface area contributed by atoms with Gasteiger partial charge in [-0.3, -0.25) is 0 Å². The van der Waals surface area contributed by atoms with Crippen LogP contribution in [0.15, 0.2) is 36.4 Å². The van der Waals surface area contributed by atoms with Crippen molar-refractivity contribution < 1.29 is 14.3 Å². The van der Waals surface area contributed by atoms with E-state index in [1.807, 2.05) is 44.2 Å². The molecule has 138 valence electrons. The molecule has 0 aliphatic heterocycles. The summed E-state index contributed by atoms with van der Waals surface area (Å²) in [6.45, 7) is 4.64. The van der Waals surface area contributed by atoms with Crippen molar-refractivity contribution in [2.24, 2.45) is 0 Å². The summed E-state index contributed by atoms with van der Waals surface area (Å²) < 4.78 is 10.7. The molecule has 0 saturated heterocycles. The summed E-state index contributed by atoms with van der Waals surface area (Å²) in [6.07, 6.45) is 2.10. The van der Waals surface area contributed by atoms with Crippen molar-refractivity contribution in [3.63, 3.8) is 0 Å². The van der Waals surface area contributed by atoms with Gasteiger partial charge in [-0.15, -0.1) is 0 Å². The average Bonchev–Trinajstić information content (AvgIpc) is 3.44. The molecule has 0 radical (unpaired) electrons. The summed E-state index contributed by atoms with van der Waals surface area (Å²) in [4.78, 5) is 12.3. The minimum Gasteiger partial charge on any atom is -0.493 e. The van der Waals surface area contributed by atoms with Gasteiger partial charge in [-0.05, 0) is 61.6 Å². The van der Waals surface area contributed by atoms with Gasteiger partial charge in [0.15, 0.2) is 11.5 Å². The molecule has 0 unspecified atom stereocenters. The predicted octanol–water partition coefficient (Wildman–Crippen LogP) is 4.17. The Hall–Kier alpha value is -2.69. The maximum Gasteiger partial charge on any atom is 0.319 e. The van der Waals surface area contributed by atoms with Crippen molar-refractivity contribution in [3.8, 4) is 11.5 Å². The van der Waals surface area contributed by atoms with Crippen molar-refractivity contribution in [1.29, 1.82) is 0 Å². The summed E-state index contributed by atoms with van der Waals surface area (Å²) >= 11 is 0. The molecule has 2 aromatic carbocycles. The second kappa shape index (κ2) is 7.28. The van der Waals surface area contributed by atoms with Crippen molar-refractivity contribution in [3.05, 3.63) is 53.1 Å². The van der Waals surface area contributed by atoms with Gasteiger partial charge in [0.05, 0.1) is 14.2 Å². The molecule has 0 aromatic heterocycles. The highest BCUT2D eigenvalue weighted by Crippen LogP contribution is 2.49. The van der Waals surface area contributed by atoms with Crippen LogP contribution < -0.4 is 20.1 Å². The van der Waals surface area contributed by atoms with E-state index in [1.54, 1.807) is 14.2 Å². The summed E-state index contributed by atoms with van der Waals surface area (Å²) in [5, 5.41) is 5.97. The molecule has 2 aromatic rings. The molecule has 26 heavy (non-hydrogen) atoms. The van der Waals surface area contributed by atoms with Gasteiger partial charge in [-0.2, -0.15) is 0 Å². The van der Waals surface area contributed by atoms with Crippen LogP contribution in [0.5, 0.6) is 11.5 Å². The molecule has 0 heterocycles. The zero-order valence-electron chi connectivity index (χ0n) is 15.8. The van der Waals surface area contributed by atoms with E-state index in [4.69, 9.17) is 9.47 Å². The Morgan fingerprint density at radius 1 is 1.08 bits per heavy atom. The SMILES string of the molecule is COc1ccc(C2(CNC(=O)Nc3cccc(C)c3C)CC2)cc1OC. The highest BCUT2D eigenvalue weighted by molar-refractivity contribution is 5.90. The van der Waals surface area contributed by atoms with Gasteiger partial charge in [0.2, 0.25) is 0 Å². The van der Waals surface area contributed by atoms with Gasteiger partial charge in [-0.25, -0.2) is 4.79 Å². The van der Waals surface area contributed by atoms with Crippen LogP contribution in [0, 0.1) is 13.8 Å². The quantitative estimate of drug-likeness (QED) is 0.818. The number of nitrogens with one attached hydrogen (secondary N) is 2. The Labute approximate surface area is 154 Å². The monoisotopic (exact) mass is 354 g/mol. The zero-order valence-corrected chi connectivity index (χ0v) is 15.8. The normalized spacial score (nSPS) is 14.5. The second-order valence-electron chi connectivity index (χ2n) is 6.91. The van der Waals surface area contributed by atoms with Crippen LogP contribution >= 0.6 is 0 Å². The Morgan fingerprint density at radius 2 is 1.81 bits per heavy atom. The van der Waals surface area contributed by atoms with E-state index in [-0.39, 0.29) is 11.4 Å². The molecule has 1 saturated carbocycles. The molecule has 0 spiro atoms. The number of carbonyl (C=O) groups is 1. The lowest BCUT2D eigenvalue weighted by Gasteiger charge is -2.19. The predicted molar refractivity (Wildman–Crippen MR) is 103 cm³/mol. The largest absolute Gasteiger partial charge is 0.493 e. The third kappa shape index (κ3) is 3.62. The van der Waals surface area contributed by atoms with Crippen LogP contribution in [0.3, 0.4) is 0 Å². The highest BCUT2D eigenvalue weighted by atomic mass is 16.5.